The first kappa shape index (κ1) is 20.6. The maximum absolute atomic E-state index is 13.6. The second-order valence-electron chi connectivity index (χ2n) is 7.80. The molecule has 2 atom stereocenters. The molecule has 0 saturated carbocycles. The molecule has 2 unspecified atom stereocenters. The van der Waals surface area contributed by atoms with Crippen molar-refractivity contribution in [2.24, 2.45) is 0 Å². The third kappa shape index (κ3) is 3.34. The minimum Gasteiger partial charge on any atom is -0.481 e. The minimum atomic E-state index is -1.06. The summed E-state index contributed by atoms with van der Waals surface area (Å²) < 4.78 is 2.64. The van der Waals surface area contributed by atoms with E-state index in [0.717, 1.165) is 26.6 Å². The van der Waals surface area contributed by atoms with Gasteiger partial charge in [-0.3, -0.25) is 23.7 Å². The molecule has 0 aliphatic carbocycles. The molecule has 3 aromatic heterocycles. The third-order valence-corrected chi connectivity index (χ3v) is 5.95. The van der Waals surface area contributed by atoms with Crippen molar-refractivity contribution in [3.63, 3.8) is 0 Å². The fourth-order valence-electron chi connectivity index (χ4n) is 4.38. The van der Waals surface area contributed by atoms with E-state index in [2.05, 4.69) is 9.97 Å². The van der Waals surface area contributed by atoms with Crippen molar-refractivity contribution in [2.45, 2.75) is 45.7 Å². The summed E-state index contributed by atoms with van der Waals surface area (Å²) in [5, 5.41) is 10.7. The van der Waals surface area contributed by atoms with Gasteiger partial charge in [-0.25, -0.2) is 4.79 Å². The number of rotatable bonds is 6. The van der Waals surface area contributed by atoms with Crippen molar-refractivity contribution >= 4 is 27.8 Å². The average Bonchev–Trinajstić information content (AvgIpc) is 3.18. The zero-order valence-corrected chi connectivity index (χ0v) is 17.6. The smallest absolute Gasteiger partial charge is 0.332 e. The first-order chi connectivity index (χ1) is 14.8. The minimum absolute atomic E-state index is 0.303. The molecular formula is C23H24N4O4. The Kier molecular flexibility index (Phi) is 5.22. The van der Waals surface area contributed by atoms with Crippen LogP contribution in [-0.2, 0) is 4.79 Å². The molecule has 0 spiro atoms. The van der Waals surface area contributed by atoms with Gasteiger partial charge in [-0.05, 0) is 38.0 Å². The van der Waals surface area contributed by atoms with Gasteiger partial charge in [0.1, 0.15) is 0 Å². The third-order valence-electron chi connectivity index (χ3n) is 5.95. The van der Waals surface area contributed by atoms with Crippen LogP contribution in [0.15, 0.2) is 52.4 Å². The molecule has 4 rings (SSSR count). The van der Waals surface area contributed by atoms with Crippen LogP contribution in [0.5, 0.6) is 0 Å². The molecule has 160 valence electrons. The second kappa shape index (κ2) is 7.86. The zero-order valence-electron chi connectivity index (χ0n) is 17.6. The van der Waals surface area contributed by atoms with Crippen molar-refractivity contribution in [1.29, 1.82) is 0 Å². The van der Waals surface area contributed by atoms with Gasteiger partial charge in [0.2, 0.25) is 0 Å². The first-order valence-corrected chi connectivity index (χ1v) is 10.2. The molecule has 8 heteroatoms. The van der Waals surface area contributed by atoms with Gasteiger partial charge < -0.3 is 10.1 Å². The number of aryl methyl sites for hydroxylation is 1. The van der Waals surface area contributed by atoms with Gasteiger partial charge in [-0.1, -0.05) is 19.1 Å². The summed E-state index contributed by atoms with van der Waals surface area (Å²) in [6, 6.07) is 6.37. The number of pyridine rings is 1. The summed E-state index contributed by atoms with van der Waals surface area (Å²) in [6.45, 7) is 5.68. The van der Waals surface area contributed by atoms with Crippen molar-refractivity contribution in [3.8, 4) is 0 Å². The SMILES string of the molecule is CCC(CC(=O)O)n1c(=O)c2ccncc2n(C(C)c2c[nH]c3cccc(C)c23)c1=O. The van der Waals surface area contributed by atoms with Crippen molar-refractivity contribution in [1.82, 2.24) is 19.1 Å². The maximum atomic E-state index is 13.6. The summed E-state index contributed by atoms with van der Waals surface area (Å²) in [7, 11) is 0. The number of aromatic nitrogens is 4. The van der Waals surface area contributed by atoms with Gasteiger partial charge >= 0.3 is 11.7 Å². The number of H-pyrrole nitrogens is 1. The van der Waals surface area contributed by atoms with Crippen LogP contribution in [0, 0.1) is 6.92 Å². The van der Waals surface area contributed by atoms with Gasteiger partial charge in [0.25, 0.3) is 5.56 Å². The van der Waals surface area contributed by atoms with Gasteiger partial charge in [0, 0.05) is 28.9 Å². The number of hydrogen-bond donors (Lipinski definition) is 2. The lowest BCUT2D eigenvalue weighted by atomic mass is 10.0. The van der Waals surface area contributed by atoms with E-state index in [0.29, 0.717) is 17.3 Å². The molecule has 0 aliphatic rings. The lowest BCUT2D eigenvalue weighted by molar-refractivity contribution is -0.138. The van der Waals surface area contributed by atoms with Crippen LogP contribution in [0.3, 0.4) is 0 Å². The Bertz CT molecular complexity index is 1410. The molecule has 8 nitrogen and oxygen atoms in total. The second-order valence-corrected chi connectivity index (χ2v) is 7.80. The van der Waals surface area contributed by atoms with Crippen LogP contribution < -0.4 is 11.2 Å². The number of benzene rings is 1. The van der Waals surface area contributed by atoms with Crippen LogP contribution >= 0.6 is 0 Å². The Morgan fingerprint density at radius 1 is 1.23 bits per heavy atom. The molecule has 31 heavy (non-hydrogen) atoms. The number of nitrogens with zero attached hydrogens (tertiary/aromatic N) is 3. The highest BCUT2D eigenvalue weighted by molar-refractivity contribution is 5.87. The molecule has 0 aliphatic heterocycles. The van der Waals surface area contributed by atoms with Crippen LogP contribution in [0.1, 0.15) is 49.9 Å². The van der Waals surface area contributed by atoms with Crippen molar-refractivity contribution in [3.05, 3.63) is 74.8 Å². The van der Waals surface area contributed by atoms with Crippen LogP contribution in [0.2, 0.25) is 0 Å². The molecule has 0 fully saturated rings. The van der Waals surface area contributed by atoms with Crippen LogP contribution in [0.4, 0.5) is 0 Å². The van der Waals surface area contributed by atoms with E-state index in [1.807, 2.05) is 38.2 Å². The number of nitrogens with one attached hydrogen (secondary N) is 1. The standard InChI is InChI=1S/C23H24N4O4/c1-4-15(10-20(28)29)27-22(30)16-8-9-24-12-19(16)26(23(27)31)14(3)17-11-25-18-7-5-6-13(2)21(17)18/h5-9,11-12,14-15,25H,4,10H2,1-3H3,(H,28,29). The fourth-order valence-corrected chi connectivity index (χ4v) is 4.38. The quantitative estimate of drug-likeness (QED) is 0.497. The average molecular weight is 420 g/mol. The highest BCUT2D eigenvalue weighted by Crippen LogP contribution is 2.30. The van der Waals surface area contributed by atoms with Gasteiger partial charge in [0.15, 0.2) is 0 Å². The lowest BCUT2D eigenvalue weighted by Gasteiger charge is -2.23. The monoisotopic (exact) mass is 420 g/mol. The van der Waals surface area contributed by atoms with E-state index in [1.165, 1.54) is 12.4 Å². The number of carboxylic acid groups (broad SMARTS) is 1. The van der Waals surface area contributed by atoms with Gasteiger partial charge in [-0.15, -0.1) is 0 Å². The Morgan fingerprint density at radius 3 is 2.71 bits per heavy atom. The van der Waals surface area contributed by atoms with E-state index in [1.54, 1.807) is 17.6 Å². The summed E-state index contributed by atoms with van der Waals surface area (Å²) in [4.78, 5) is 45.6. The van der Waals surface area contributed by atoms with Crippen LogP contribution in [0.25, 0.3) is 21.8 Å². The Balaban J connectivity index is 2.04. The first-order valence-electron chi connectivity index (χ1n) is 10.2. The maximum Gasteiger partial charge on any atom is 0.332 e. The Hall–Kier alpha value is -3.68. The van der Waals surface area contributed by atoms with E-state index < -0.39 is 29.3 Å². The molecule has 4 aromatic rings. The van der Waals surface area contributed by atoms with E-state index in [9.17, 15) is 19.5 Å². The summed E-state index contributed by atoms with van der Waals surface area (Å²) in [6.07, 6.45) is 4.93. The lowest BCUT2D eigenvalue weighted by Crippen LogP contribution is -2.43. The van der Waals surface area contributed by atoms with Crippen molar-refractivity contribution in [2.75, 3.05) is 0 Å². The number of aliphatic carboxylic acids is 1. The topological polar surface area (TPSA) is 110 Å². The number of carbonyl (C=O) groups is 1. The Morgan fingerprint density at radius 2 is 2.00 bits per heavy atom. The number of aromatic amines is 1. The molecular weight excluding hydrogens is 396 g/mol. The van der Waals surface area contributed by atoms with Crippen LogP contribution in [-0.4, -0.2) is 30.2 Å². The van der Waals surface area contributed by atoms with E-state index >= 15 is 0 Å². The largest absolute Gasteiger partial charge is 0.481 e. The highest BCUT2D eigenvalue weighted by atomic mass is 16.4. The molecule has 0 radical (unpaired) electrons. The van der Waals surface area contributed by atoms with E-state index in [4.69, 9.17) is 0 Å². The summed E-state index contributed by atoms with van der Waals surface area (Å²) >= 11 is 0. The van der Waals surface area contributed by atoms with Gasteiger partial charge in [-0.2, -0.15) is 0 Å². The van der Waals surface area contributed by atoms with Gasteiger partial charge in [0.05, 0.1) is 35.6 Å². The molecule has 0 saturated heterocycles. The molecule has 0 bridgehead atoms. The van der Waals surface area contributed by atoms with Crippen molar-refractivity contribution < 1.29 is 9.90 Å². The molecule has 2 N–H and O–H groups in total. The predicted octanol–water partition coefficient (Wildman–Crippen LogP) is 3.38. The summed E-state index contributed by atoms with van der Waals surface area (Å²) in [5.41, 5.74) is 2.35. The number of fused-ring (bicyclic) bond motifs is 2. The van der Waals surface area contributed by atoms with E-state index in [-0.39, 0.29) is 6.42 Å². The zero-order chi connectivity index (χ0) is 22.3. The number of carboxylic acids is 1. The predicted molar refractivity (Wildman–Crippen MR) is 119 cm³/mol. The molecule has 0 amide bonds. The fraction of sp³-hybridized carbons (Fsp3) is 0.304. The normalized spacial score (nSPS) is 13.5. The molecule has 1 aromatic carbocycles. The highest BCUT2D eigenvalue weighted by Gasteiger charge is 2.25. The Labute approximate surface area is 177 Å². The summed E-state index contributed by atoms with van der Waals surface area (Å²) in [5.74, 6) is -1.06. The molecule has 3 heterocycles. The number of hydrogen-bond acceptors (Lipinski definition) is 4.